The molecule has 0 radical (unpaired) electrons. The number of likely N-dealkylation sites (tertiary alicyclic amines) is 1. The highest BCUT2D eigenvalue weighted by atomic mass is 32.1. The van der Waals surface area contributed by atoms with Crippen molar-refractivity contribution in [3.63, 3.8) is 0 Å². The average Bonchev–Trinajstić information content (AvgIpc) is 3.32. The molecule has 3 aliphatic rings. The van der Waals surface area contributed by atoms with E-state index in [-0.39, 0.29) is 24.3 Å². The van der Waals surface area contributed by atoms with Crippen LogP contribution in [0.15, 0.2) is 27.8 Å². The number of amidine groups is 1. The number of nitrogens with zero attached hydrogens (tertiary/aromatic N) is 3. The Balaban J connectivity index is 1.50. The molecule has 1 amide bonds. The second-order valence-electron chi connectivity index (χ2n) is 6.94. The number of nitrogens with one attached hydrogen (secondary N) is 2. The number of ether oxygens (including phenoxy) is 1. The van der Waals surface area contributed by atoms with Crippen molar-refractivity contribution in [3.8, 4) is 0 Å². The third-order valence-electron chi connectivity index (χ3n) is 5.26. The van der Waals surface area contributed by atoms with Crippen molar-refractivity contribution in [2.45, 2.75) is 13.3 Å². The Kier molecular flexibility index (Phi) is 5.22. The molecule has 0 aromatic carbocycles. The van der Waals surface area contributed by atoms with Crippen LogP contribution in [0.1, 0.15) is 18.4 Å². The van der Waals surface area contributed by atoms with Gasteiger partial charge in [-0.15, -0.1) is 11.3 Å². The lowest BCUT2D eigenvalue weighted by molar-refractivity contribution is -0.138. The first-order valence-corrected chi connectivity index (χ1v) is 10.1. The number of amides is 1. The van der Waals surface area contributed by atoms with Gasteiger partial charge in [0.2, 0.25) is 5.91 Å². The van der Waals surface area contributed by atoms with E-state index in [9.17, 15) is 9.59 Å². The van der Waals surface area contributed by atoms with Gasteiger partial charge in [0.15, 0.2) is 10.8 Å². The summed E-state index contributed by atoms with van der Waals surface area (Å²) in [6.45, 7) is 5.44. The Morgan fingerprint density at radius 2 is 2.37 bits per heavy atom. The van der Waals surface area contributed by atoms with E-state index in [0.717, 1.165) is 36.8 Å². The fraction of sp³-hybridized carbons (Fsp3) is 0.556. The maximum atomic E-state index is 12.4. The highest BCUT2D eigenvalue weighted by molar-refractivity contribution is 7.11. The molecule has 2 fully saturated rings. The molecule has 0 aliphatic carbocycles. The molecule has 4 heterocycles. The summed E-state index contributed by atoms with van der Waals surface area (Å²) in [4.78, 5) is 35.3. The molecule has 2 saturated heterocycles. The van der Waals surface area contributed by atoms with Gasteiger partial charge in [0.05, 0.1) is 18.7 Å². The third kappa shape index (κ3) is 3.74. The predicted octanol–water partition coefficient (Wildman–Crippen LogP) is 0.378. The van der Waals surface area contributed by atoms with E-state index < -0.39 is 0 Å². The van der Waals surface area contributed by atoms with Crippen molar-refractivity contribution < 1.29 is 14.3 Å². The van der Waals surface area contributed by atoms with E-state index in [0.29, 0.717) is 30.5 Å². The molecular weight excluding hydrogens is 366 g/mol. The number of carbonyl (C=O) groups is 2. The highest BCUT2D eigenvalue weighted by Gasteiger charge is 2.39. The van der Waals surface area contributed by atoms with Gasteiger partial charge in [0.1, 0.15) is 0 Å². The summed E-state index contributed by atoms with van der Waals surface area (Å²) in [5.41, 5.74) is 1.39. The smallest absolute Gasteiger partial charge is 0.337 e. The summed E-state index contributed by atoms with van der Waals surface area (Å²) in [7, 11) is 0. The van der Waals surface area contributed by atoms with Crippen LogP contribution in [0.25, 0.3) is 0 Å². The zero-order valence-corrected chi connectivity index (χ0v) is 16.1. The third-order valence-corrected chi connectivity index (χ3v) is 6.04. The van der Waals surface area contributed by atoms with Gasteiger partial charge >= 0.3 is 5.97 Å². The Hall–Kier alpha value is -2.26. The van der Waals surface area contributed by atoms with Gasteiger partial charge in [0, 0.05) is 48.7 Å². The molecule has 4 rings (SSSR count). The lowest BCUT2D eigenvalue weighted by Gasteiger charge is -2.35. The summed E-state index contributed by atoms with van der Waals surface area (Å²) in [5.74, 6) is 1.02. The number of hydrogen-bond acceptors (Lipinski definition) is 8. The van der Waals surface area contributed by atoms with Crippen LogP contribution in [0.3, 0.4) is 0 Å². The van der Waals surface area contributed by atoms with Crippen molar-refractivity contribution in [2.75, 3.05) is 39.3 Å². The van der Waals surface area contributed by atoms with Gasteiger partial charge in [-0.1, -0.05) is 0 Å². The van der Waals surface area contributed by atoms with Crippen LogP contribution in [0.5, 0.6) is 0 Å². The number of aliphatic imine (C=N–C) groups is 1. The maximum absolute atomic E-state index is 12.4. The second kappa shape index (κ2) is 7.77. The molecule has 3 aliphatic heterocycles. The molecule has 0 spiro atoms. The monoisotopic (exact) mass is 389 g/mol. The second-order valence-corrected chi connectivity index (χ2v) is 7.83. The number of carbonyl (C=O) groups excluding carboxylic acids is 2. The van der Waals surface area contributed by atoms with Gasteiger partial charge in [-0.05, 0) is 19.9 Å². The van der Waals surface area contributed by atoms with E-state index in [1.165, 1.54) is 11.3 Å². The van der Waals surface area contributed by atoms with Gasteiger partial charge in [-0.3, -0.25) is 14.7 Å². The lowest BCUT2D eigenvalue weighted by atomic mass is 9.88. The molecule has 144 valence electrons. The fourth-order valence-electron chi connectivity index (χ4n) is 3.90. The minimum Gasteiger partial charge on any atom is -0.463 e. The molecule has 2 atom stereocenters. The molecule has 0 saturated carbocycles. The van der Waals surface area contributed by atoms with Gasteiger partial charge in [-0.25, -0.2) is 9.78 Å². The lowest BCUT2D eigenvalue weighted by Crippen LogP contribution is -2.45. The first-order valence-electron chi connectivity index (χ1n) is 9.26. The summed E-state index contributed by atoms with van der Waals surface area (Å²) in [5, 5.41) is 8.98. The summed E-state index contributed by atoms with van der Waals surface area (Å²) >= 11 is 1.51. The number of piperidine rings is 1. The minimum absolute atomic E-state index is 0.131. The quantitative estimate of drug-likeness (QED) is 0.707. The van der Waals surface area contributed by atoms with E-state index in [2.05, 4.69) is 25.5 Å². The summed E-state index contributed by atoms with van der Waals surface area (Å²) in [6.07, 6.45) is 2.59. The van der Waals surface area contributed by atoms with Crippen molar-refractivity contribution in [2.24, 2.45) is 16.8 Å². The highest BCUT2D eigenvalue weighted by Crippen LogP contribution is 2.28. The van der Waals surface area contributed by atoms with Crippen molar-refractivity contribution in [1.29, 1.82) is 0 Å². The van der Waals surface area contributed by atoms with Crippen LogP contribution >= 0.6 is 11.3 Å². The summed E-state index contributed by atoms with van der Waals surface area (Å²) in [6, 6.07) is 0. The number of fused-ring (bicyclic) bond motifs is 1. The van der Waals surface area contributed by atoms with E-state index >= 15 is 0 Å². The molecule has 1 aromatic heterocycles. The van der Waals surface area contributed by atoms with Crippen LogP contribution < -0.4 is 10.6 Å². The average molecular weight is 389 g/mol. The first-order chi connectivity index (χ1) is 13.2. The zero-order valence-electron chi connectivity index (χ0n) is 15.2. The van der Waals surface area contributed by atoms with E-state index in [4.69, 9.17) is 4.74 Å². The standard InChI is InChI=1S/C18H23N5O3S/c1-2-26-18(25)13-8-20-15(17-19-4-6-27-17)22-14(13)10-23-5-3-12-11(9-23)7-21-16(12)24/h4,6,11-12H,2-3,5,7-10H2,1H3,(H,20,22)(H,21,24). The van der Waals surface area contributed by atoms with Crippen LogP contribution in [0.4, 0.5) is 0 Å². The fourth-order valence-corrected chi connectivity index (χ4v) is 4.50. The Morgan fingerprint density at radius 3 is 3.15 bits per heavy atom. The normalized spacial score (nSPS) is 25.5. The largest absolute Gasteiger partial charge is 0.463 e. The Bertz CT molecular complexity index is 789. The van der Waals surface area contributed by atoms with E-state index in [1.807, 2.05) is 5.38 Å². The predicted molar refractivity (Wildman–Crippen MR) is 101 cm³/mol. The maximum Gasteiger partial charge on any atom is 0.337 e. The van der Waals surface area contributed by atoms with Gasteiger partial charge in [0.25, 0.3) is 0 Å². The number of thiazole rings is 1. The minimum atomic E-state index is -0.325. The van der Waals surface area contributed by atoms with Gasteiger partial charge < -0.3 is 15.4 Å². The van der Waals surface area contributed by atoms with E-state index in [1.54, 1.807) is 13.1 Å². The molecule has 0 bridgehead atoms. The Morgan fingerprint density at radius 1 is 1.48 bits per heavy atom. The number of hydrogen-bond donors (Lipinski definition) is 2. The van der Waals surface area contributed by atoms with Crippen molar-refractivity contribution >= 4 is 29.0 Å². The molecule has 1 aromatic rings. The van der Waals surface area contributed by atoms with Crippen LogP contribution in [0.2, 0.25) is 0 Å². The van der Waals surface area contributed by atoms with Crippen LogP contribution in [-0.4, -0.2) is 66.9 Å². The number of aromatic nitrogens is 1. The van der Waals surface area contributed by atoms with Crippen LogP contribution in [0, 0.1) is 11.8 Å². The molecule has 2 N–H and O–H groups in total. The van der Waals surface area contributed by atoms with Gasteiger partial charge in [-0.2, -0.15) is 0 Å². The van der Waals surface area contributed by atoms with Crippen LogP contribution in [-0.2, 0) is 14.3 Å². The van der Waals surface area contributed by atoms with Crippen molar-refractivity contribution in [3.05, 3.63) is 27.9 Å². The summed E-state index contributed by atoms with van der Waals surface area (Å²) < 4.78 is 5.22. The molecule has 2 unspecified atom stereocenters. The molecule has 8 nitrogen and oxygen atoms in total. The first kappa shape index (κ1) is 18.1. The molecule has 27 heavy (non-hydrogen) atoms. The topological polar surface area (TPSA) is 95.9 Å². The number of esters is 1. The van der Waals surface area contributed by atoms with Crippen molar-refractivity contribution in [1.82, 2.24) is 20.5 Å². The number of rotatable bonds is 5. The zero-order chi connectivity index (χ0) is 18.8. The molecular formula is C18H23N5O3S. The molecule has 9 heteroatoms. The Labute approximate surface area is 161 Å². The SMILES string of the molecule is CCOC(=O)C1=C(CN2CCC3C(=O)NCC3C2)NC(c2nccs2)=NC1.